The summed E-state index contributed by atoms with van der Waals surface area (Å²) in [4.78, 5) is 12.9. The van der Waals surface area contributed by atoms with E-state index in [-0.39, 0.29) is 5.91 Å². The summed E-state index contributed by atoms with van der Waals surface area (Å²) in [5.41, 5.74) is 7.35. The van der Waals surface area contributed by atoms with E-state index in [2.05, 4.69) is 12.2 Å². The number of rotatable bonds is 4. The van der Waals surface area contributed by atoms with Crippen molar-refractivity contribution in [3.63, 3.8) is 0 Å². The summed E-state index contributed by atoms with van der Waals surface area (Å²) < 4.78 is 0. The fraction of sp³-hybridized carbons (Fsp3) is 0.529. The number of nitrogens with one attached hydrogen (secondary N) is 1. The van der Waals surface area contributed by atoms with Gasteiger partial charge in [0.05, 0.1) is 10.5 Å². The standard InChI is InChI=1S/C17H24N2OS/c1-2-13-7-9-14(10-8-13)15(20)19-17(16(18)21)11-5-3-4-6-12-17/h7-10H,2-6,11-12H2,1H3,(H2,18,21)(H,19,20). The minimum atomic E-state index is -0.508. The zero-order chi connectivity index (χ0) is 15.3. The fourth-order valence-electron chi connectivity index (χ4n) is 2.95. The zero-order valence-electron chi connectivity index (χ0n) is 12.7. The first-order valence-electron chi connectivity index (χ1n) is 7.79. The Hall–Kier alpha value is -1.42. The predicted molar refractivity (Wildman–Crippen MR) is 90.5 cm³/mol. The quantitative estimate of drug-likeness (QED) is 0.662. The van der Waals surface area contributed by atoms with Gasteiger partial charge in [-0.15, -0.1) is 0 Å². The molecule has 114 valence electrons. The van der Waals surface area contributed by atoms with E-state index >= 15 is 0 Å². The van der Waals surface area contributed by atoms with Gasteiger partial charge in [0.15, 0.2) is 0 Å². The van der Waals surface area contributed by atoms with Gasteiger partial charge in [-0.3, -0.25) is 4.79 Å². The zero-order valence-corrected chi connectivity index (χ0v) is 13.5. The van der Waals surface area contributed by atoms with Crippen LogP contribution in [-0.2, 0) is 6.42 Å². The molecule has 0 bridgehead atoms. The van der Waals surface area contributed by atoms with E-state index in [0.717, 1.165) is 32.1 Å². The highest BCUT2D eigenvalue weighted by molar-refractivity contribution is 7.80. The van der Waals surface area contributed by atoms with Gasteiger partial charge in [-0.05, 0) is 37.0 Å². The highest BCUT2D eigenvalue weighted by Crippen LogP contribution is 2.28. The van der Waals surface area contributed by atoms with Crippen LogP contribution in [0.3, 0.4) is 0 Å². The first-order chi connectivity index (χ1) is 10.1. The molecule has 1 aliphatic rings. The third kappa shape index (κ3) is 3.82. The molecule has 0 heterocycles. The molecule has 3 nitrogen and oxygen atoms in total. The lowest BCUT2D eigenvalue weighted by Crippen LogP contribution is -2.56. The lowest BCUT2D eigenvalue weighted by Gasteiger charge is -2.33. The molecule has 1 amide bonds. The molecule has 0 radical (unpaired) electrons. The Bertz CT molecular complexity index is 502. The minimum absolute atomic E-state index is 0.0765. The molecule has 1 aromatic rings. The number of amides is 1. The van der Waals surface area contributed by atoms with E-state index in [1.165, 1.54) is 18.4 Å². The molecule has 1 saturated carbocycles. The van der Waals surface area contributed by atoms with Crippen LogP contribution in [0.5, 0.6) is 0 Å². The summed E-state index contributed by atoms with van der Waals surface area (Å²) in [5.74, 6) is -0.0765. The Labute approximate surface area is 132 Å². The molecule has 4 heteroatoms. The van der Waals surface area contributed by atoms with Crippen LogP contribution in [0.15, 0.2) is 24.3 Å². The average Bonchev–Trinajstić information content (AvgIpc) is 2.74. The molecule has 0 spiro atoms. The van der Waals surface area contributed by atoms with Crippen LogP contribution in [-0.4, -0.2) is 16.4 Å². The number of hydrogen-bond donors (Lipinski definition) is 2. The first kappa shape index (κ1) is 16.0. The molecule has 0 aromatic heterocycles. The van der Waals surface area contributed by atoms with Crippen molar-refractivity contribution in [2.24, 2.45) is 5.73 Å². The van der Waals surface area contributed by atoms with Gasteiger partial charge >= 0.3 is 0 Å². The molecule has 0 unspecified atom stereocenters. The molecular weight excluding hydrogens is 280 g/mol. The van der Waals surface area contributed by atoms with Crippen LogP contribution in [0.4, 0.5) is 0 Å². The van der Waals surface area contributed by atoms with Gasteiger partial charge in [-0.1, -0.05) is 57.0 Å². The summed E-state index contributed by atoms with van der Waals surface area (Å²) in [6.07, 6.45) is 7.16. The van der Waals surface area contributed by atoms with Gasteiger partial charge in [0, 0.05) is 5.56 Å². The highest BCUT2D eigenvalue weighted by Gasteiger charge is 2.35. The monoisotopic (exact) mass is 304 g/mol. The van der Waals surface area contributed by atoms with Crippen molar-refractivity contribution in [3.05, 3.63) is 35.4 Å². The topological polar surface area (TPSA) is 55.1 Å². The van der Waals surface area contributed by atoms with E-state index in [4.69, 9.17) is 18.0 Å². The van der Waals surface area contributed by atoms with Gasteiger partial charge in [0.25, 0.3) is 5.91 Å². The molecule has 21 heavy (non-hydrogen) atoms. The number of hydrogen-bond acceptors (Lipinski definition) is 2. The summed E-state index contributed by atoms with van der Waals surface area (Å²) >= 11 is 5.26. The lowest BCUT2D eigenvalue weighted by molar-refractivity contribution is 0.0917. The fourth-order valence-corrected chi connectivity index (χ4v) is 3.20. The Morgan fingerprint density at radius 2 is 1.76 bits per heavy atom. The number of carbonyl (C=O) groups excluding carboxylic acids is 1. The van der Waals surface area contributed by atoms with Crippen LogP contribution in [0.2, 0.25) is 0 Å². The SMILES string of the molecule is CCc1ccc(C(=O)NC2(C(N)=S)CCCCCC2)cc1. The summed E-state index contributed by atoms with van der Waals surface area (Å²) in [6, 6.07) is 7.74. The molecule has 3 N–H and O–H groups in total. The maximum Gasteiger partial charge on any atom is 0.252 e. The second-order valence-corrected chi connectivity index (χ2v) is 6.30. The first-order valence-corrected chi connectivity index (χ1v) is 8.19. The molecule has 0 saturated heterocycles. The number of nitrogens with two attached hydrogens (primary N) is 1. The van der Waals surface area contributed by atoms with Crippen molar-refractivity contribution in [2.45, 2.75) is 57.4 Å². The summed E-state index contributed by atoms with van der Waals surface area (Å²) in [7, 11) is 0. The molecule has 0 aliphatic heterocycles. The largest absolute Gasteiger partial charge is 0.391 e. The molecular formula is C17H24N2OS. The van der Waals surface area contributed by atoms with E-state index in [1.807, 2.05) is 24.3 Å². The number of aryl methyl sites for hydroxylation is 1. The van der Waals surface area contributed by atoms with Gasteiger partial charge in [0.2, 0.25) is 0 Å². The smallest absolute Gasteiger partial charge is 0.252 e. The highest BCUT2D eigenvalue weighted by atomic mass is 32.1. The Balaban J connectivity index is 2.15. The molecule has 1 aromatic carbocycles. The second kappa shape index (κ2) is 7.03. The normalized spacial score (nSPS) is 17.8. The Kier molecular flexibility index (Phi) is 5.34. The van der Waals surface area contributed by atoms with E-state index in [9.17, 15) is 4.79 Å². The van der Waals surface area contributed by atoms with Crippen LogP contribution in [0, 0.1) is 0 Å². The molecule has 0 atom stereocenters. The van der Waals surface area contributed by atoms with Crippen LogP contribution < -0.4 is 11.1 Å². The lowest BCUT2D eigenvalue weighted by atomic mass is 9.89. The third-order valence-electron chi connectivity index (χ3n) is 4.41. The van der Waals surface area contributed by atoms with Gasteiger partial charge in [0.1, 0.15) is 0 Å². The maximum absolute atomic E-state index is 12.5. The van der Waals surface area contributed by atoms with Crippen molar-refractivity contribution in [1.82, 2.24) is 5.32 Å². The number of thiocarbonyl (C=S) groups is 1. The molecule has 2 rings (SSSR count). The van der Waals surface area contributed by atoms with Crippen LogP contribution in [0.1, 0.15) is 61.4 Å². The summed E-state index contributed by atoms with van der Waals surface area (Å²) in [6.45, 7) is 2.10. The van der Waals surface area contributed by atoms with Crippen molar-refractivity contribution < 1.29 is 4.79 Å². The van der Waals surface area contributed by atoms with Gasteiger partial charge in [-0.2, -0.15) is 0 Å². The van der Waals surface area contributed by atoms with Crippen molar-refractivity contribution >= 4 is 23.1 Å². The van der Waals surface area contributed by atoms with Crippen molar-refractivity contribution in [3.8, 4) is 0 Å². The van der Waals surface area contributed by atoms with Crippen molar-refractivity contribution in [1.29, 1.82) is 0 Å². The number of carbonyl (C=O) groups is 1. The van der Waals surface area contributed by atoms with Gasteiger partial charge in [-0.25, -0.2) is 0 Å². The molecule has 1 aliphatic carbocycles. The predicted octanol–water partition coefficient (Wildman–Crippen LogP) is 3.36. The molecule has 1 fully saturated rings. The minimum Gasteiger partial charge on any atom is -0.391 e. The van der Waals surface area contributed by atoms with E-state index < -0.39 is 5.54 Å². The Morgan fingerprint density at radius 3 is 2.24 bits per heavy atom. The Morgan fingerprint density at radius 1 is 1.19 bits per heavy atom. The van der Waals surface area contributed by atoms with Crippen LogP contribution >= 0.6 is 12.2 Å². The van der Waals surface area contributed by atoms with E-state index in [0.29, 0.717) is 10.6 Å². The number of benzene rings is 1. The van der Waals surface area contributed by atoms with Gasteiger partial charge < -0.3 is 11.1 Å². The van der Waals surface area contributed by atoms with Crippen molar-refractivity contribution in [2.75, 3.05) is 0 Å². The average molecular weight is 304 g/mol. The van der Waals surface area contributed by atoms with E-state index in [1.54, 1.807) is 0 Å². The maximum atomic E-state index is 12.5. The summed E-state index contributed by atoms with van der Waals surface area (Å²) in [5, 5.41) is 3.12. The third-order valence-corrected chi connectivity index (χ3v) is 4.80. The second-order valence-electron chi connectivity index (χ2n) is 5.87. The van der Waals surface area contributed by atoms with Crippen LogP contribution in [0.25, 0.3) is 0 Å².